The van der Waals surface area contributed by atoms with Crippen LogP contribution >= 0.6 is 0 Å². The highest BCUT2D eigenvalue weighted by molar-refractivity contribution is 6.23. The topological polar surface area (TPSA) is 49.9 Å². The fourth-order valence-electron chi connectivity index (χ4n) is 4.28. The molecule has 0 aliphatic carbocycles. The zero-order chi connectivity index (χ0) is 22.5. The molecule has 2 heterocycles. The Kier molecular flexibility index (Phi) is 4.74. The van der Waals surface area contributed by atoms with Crippen molar-refractivity contribution in [2.45, 2.75) is 18.3 Å². The molecular formula is C24H17F3N2O3. The van der Waals surface area contributed by atoms with Gasteiger partial charge in [-0.05, 0) is 42.0 Å². The zero-order valence-electron chi connectivity index (χ0n) is 16.6. The average Bonchev–Trinajstić information content (AvgIpc) is 3.30. The van der Waals surface area contributed by atoms with Crippen LogP contribution in [0.1, 0.15) is 17.2 Å². The quantitative estimate of drug-likeness (QED) is 0.554. The molecule has 2 saturated heterocycles. The van der Waals surface area contributed by atoms with Crippen LogP contribution in [0.5, 0.6) is 0 Å². The number of alkyl halides is 3. The van der Waals surface area contributed by atoms with Crippen LogP contribution in [0.4, 0.5) is 24.5 Å². The summed E-state index contributed by atoms with van der Waals surface area (Å²) in [6, 6.07) is 21.0. The number of nitrogens with zero attached hydrogens (tertiary/aromatic N) is 2. The Morgan fingerprint density at radius 3 is 2.00 bits per heavy atom. The average molecular weight is 438 g/mol. The summed E-state index contributed by atoms with van der Waals surface area (Å²) in [5, 5.41) is 1.38. The van der Waals surface area contributed by atoms with Crippen molar-refractivity contribution >= 4 is 23.2 Å². The van der Waals surface area contributed by atoms with Gasteiger partial charge in [-0.1, -0.05) is 48.5 Å². The lowest BCUT2D eigenvalue weighted by Crippen LogP contribution is -2.37. The van der Waals surface area contributed by atoms with Crippen molar-refractivity contribution in [3.05, 3.63) is 96.1 Å². The van der Waals surface area contributed by atoms with E-state index in [2.05, 4.69) is 0 Å². The van der Waals surface area contributed by atoms with Crippen LogP contribution < -0.4 is 9.96 Å². The van der Waals surface area contributed by atoms with Crippen LogP contribution in [0.15, 0.2) is 84.9 Å². The molecule has 5 rings (SSSR count). The molecular weight excluding hydrogens is 421 g/mol. The van der Waals surface area contributed by atoms with E-state index >= 15 is 0 Å². The SMILES string of the molecule is O=C1[C@H]2[C@H](ON(c3ccccc3)[C@@H]2c2cccc(C(F)(F)F)c2)C(=O)N1c1ccccc1. The largest absolute Gasteiger partial charge is 0.416 e. The Labute approximate surface area is 181 Å². The number of carbonyl (C=O) groups excluding carboxylic acids is 2. The van der Waals surface area contributed by atoms with E-state index in [1.807, 2.05) is 0 Å². The molecule has 0 radical (unpaired) electrons. The van der Waals surface area contributed by atoms with Gasteiger partial charge >= 0.3 is 6.18 Å². The number of carbonyl (C=O) groups is 2. The maximum absolute atomic E-state index is 13.4. The number of rotatable bonds is 3. The van der Waals surface area contributed by atoms with E-state index < -0.39 is 41.6 Å². The van der Waals surface area contributed by atoms with Crippen LogP contribution in [0.25, 0.3) is 0 Å². The minimum Gasteiger partial charge on any atom is -0.273 e. The first-order valence-electron chi connectivity index (χ1n) is 9.97. The van der Waals surface area contributed by atoms with E-state index in [1.54, 1.807) is 60.7 Å². The lowest BCUT2D eigenvalue weighted by molar-refractivity contribution is -0.137. The number of hydrogen-bond acceptors (Lipinski definition) is 4. The van der Waals surface area contributed by atoms with Gasteiger partial charge in [0, 0.05) is 0 Å². The molecule has 32 heavy (non-hydrogen) atoms. The third kappa shape index (κ3) is 3.23. The molecule has 0 saturated carbocycles. The first-order chi connectivity index (χ1) is 15.4. The molecule has 0 aromatic heterocycles. The second kappa shape index (κ2) is 7.49. The highest BCUT2D eigenvalue weighted by Gasteiger charge is 2.60. The van der Waals surface area contributed by atoms with Gasteiger partial charge in [-0.25, -0.2) is 9.96 Å². The van der Waals surface area contributed by atoms with Crippen LogP contribution in [-0.2, 0) is 20.6 Å². The third-order valence-corrected chi connectivity index (χ3v) is 5.70. The number of imide groups is 1. The molecule has 2 aliphatic rings. The monoisotopic (exact) mass is 438 g/mol. The lowest BCUT2D eigenvalue weighted by atomic mass is 9.89. The number of hydrogen-bond donors (Lipinski definition) is 0. The number of hydroxylamine groups is 1. The summed E-state index contributed by atoms with van der Waals surface area (Å²) in [6.45, 7) is 0. The molecule has 3 atom stereocenters. The van der Waals surface area contributed by atoms with Crippen LogP contribution in [0.2, 0.25) is 0 Å². The highest BCUT2D eigenvalue weighted by atomic mass is 19.4. The Morgan fingerprint density at radius 1 is 0.750 bits per heavy atom. The molecule has 162 valence electrons. The number of benzene rings is 3. The summed E-state index contributed by atoms with van der Waals surface area (Å²) >= 11 is 0. The smallest absolute Gasteiger partial charge is 0.273 e. The van der Waals surface area contributed by atoms with Gasteiger partial charge in [0.2, 0.25) is 5.91 Å². The van der Waals surface area contributed by atoms with Crippen molar-refractivity contribution in [3.8, 4) is 0 Å². The van der Waals surface area contributed by atoms with E-state index in [1.165, 1.54) is 17.2 Å². The molecule has 2 fully saturated rings. The Bertz CT molecular complexity index is 1170. The normalized spacial score (nSPS) is 23.0. The summed E-state index contributed by atoms with van der Waals surface area (Å²) in [7, 11) is 0. The zero-order valence-corrected chi connectivity index (χ0v) is 16.6. The Hall–Kier alpha value is -3.65. The first kappa shape index (κ1) is 20.3. The van der Waals surface area contributed by atoms with Crippen LogP contribution in [-0.4, -0.2) is 17.9 Å². The number of fused-ring (bicyclic) bond motifs is 1. The predicted octanol–water partition coefficient (Wildman–Crippen LogP) is 4.76. The molecule has 0 N–H and O–H groups in total. The van der Waals surface area contributed by atoms with Crippen molar-refractivity contribution in [2.24, 2.45) is 5.92 Å². The fourth-order valence-corrected chi connectivity index (χ4v) is 4.28. The summed E-state index contributed by atoms with van der Waals surface area (Å²) in [6.07, 6.45) is -5.68. The second-order valence-corrected chi connectivity index (χ2v) is 7.63. The van der Waals surface area contributed by atoms with Crippen molar-refractivity contribution in [2.75, 3.05) is 9.96 Å². The van der Waals surface area contributed by atoms with Crippen molar-refractivity contribution in [3.63, 3.8) is 0 Å². The number of halogens is 3. The van der Waals surface area contributed by atoms with Gasteiger partial charge in [-0.3, -0.25) is 14.4 Å². The molecule has 0 unspecified atom stereocenters. The van der Waals surface area contributed by atoms with E-state index in [0.717, 1.165) is 17.0 Å². The Morgan fingerprint density at radius 2 is 1.38 bits per heavy atom. The third-order valence-electron chi connectivity index (χ3n) is 5.70. The minimum absolute atomic E-state index is 0.243. The molecule has 8 heteroatoms. The van der Waals surface area contributed by atoms with E-state index in [4.69, 9.17) is 4.84 Å². The van der Waals surface area contributed by atoms with Crippen molar-refractivity contribution in [1.29, 1.82) is 0 Å². The van der Waals surface area contributed by atoms with Crippen LogP contribution in [0, 0.1) is 5.92 Å². The number of para-hydroxylation sites is 2. The molecule has 3 aromatic carbocycles. The standard InChI is InChI=1S/C24H17F3N2O3/c25-24(26,27)16-9-7-8-15(14-16)20-19-21(32-29(20)18-12-5-2-6-13-18)23(31)28(22(19)30)17-10-3-1-4-11-17/h1-14,19-21H/t19-,20-,21+/m1/s1. The predicted molar refractivity (Wildman–Crippen MR) is 110 cm³/mol. The minimum atomic E-state index is -4.54. The molecule has 2 amide bonds. The highest BCUT2D eigenvalue weighted by Crippen LogP contribution is 2.48. The summed E-state index contributed by atoms with van der Waals surface area (Å²) in [5.41, 5.74) is 0.348. The lowest BCUT2D eigenvalue weighted by Gasteiger charge is -2.29. The number of anilines is 2. The van der Waals surface area contributed by atoms with Gasteiger partial charge in [0.25, 0.3) is 5.91 Å². The van der Waals surface area contributed by atoms with Gasteiger partial charge in [0.15, 0.2) is 6.10 Å². The van der Waals surface area contributed by atoms with Gasteiger partial charge in [0.1, 0.15) is 5.92 Å². The molecule has 5 nitrogen and oxygen atoms in total. The Balaban J connectivity index is 1.61. The van der Waals surface area contributed by atoms with E-state index in [-0.39, 0.29) is 5.56 Å². The summed E-state index contributed by atoms with van der Waals surface area (Å²) < 4.78 is 40.2. The first-order valence-corrected chi connectivity index (χ1v) is 9.97. The fraction of sp³-hybridized carbons (Fsp3) is 0.167. The molecule has 3 aromatic rings. The van der Waals surface area contributed by atoms with E-state index in [0.29, 0.717) is 11.4 Å². The van der Waals surface area contributed by atoms with Crippen molar-refractivity contribution < 1.29 is 27.6 Å². The van der Waals surface area contributed by atoms with Crippen LogP contribution in [0.3, 0.4) is 0 Å². The van der Waals surface area contributed by atoms with Gasteiger partial charge in [0.05, 0.1) is 23.0 Å². The van der Waals surface area contributed by atoms with Gasteiger partial charge in [-0.2, -0.15) is 13.2 Å². The summed E-state index contributed by atoms with van der Waals surface area (Å²) in [4.78, 5) is 33.6. The van der Waals surface area contributed by atoms with Gasteiger partial charge < -0.3 is 0 Å². The van der Waals surface area contributed by atoms with Crippen molar-refractivity contribution in [1.82, 2.24) is 0 Å². The number of amides is 2. The molecule has 0 bridgehead atoms. The molecule has 0 spiro atoms. The van der Waals surface area contributed by atoms with Gasteiger partial charge in [-0.15, -0.1) is 0 Å². The maximum Gasteiger partial charge on any atom is 0.416 e. The molecule has 2 aliphatic heterocycles. The summed E-state index contributed by atoms with van der Waals surface area (Å²) in [5.74, 6) is -2.04. The second-order valence-electron chi connectivity index (χ2n) is 7.63. The van der Waals surface area contributed by atoms with E-state index in [9.17, 15) is 22.8 Å². The maximum atomic E-state index is 13.4.